The van der Waals surface area contributed by atoms with Crippen LogP contribution < -0.4 is 5.32 Å². The van der Waals surface area contributed by atoms with Crippen LogP contribution in [-0.4, -0.2) is 29.3 Å². The monoisotopic (exact) mass is 342 g/mol. The molecule has 4 heteroatoms. The smallest absolute Gasteiger partial charge is 0.225 e. The molecule has 0 bridgehead atoms. The van der Waals surface area contributed by atoms with Gasteiger partial charge in [0.05, 0.1) is 5.92 Å². The van der Waals surface area contributed by atoms with Crippen molar-refractivity contribution in [2.45, 2.75) is 59.0 Å². The van der Waals surface area contributed by atoms with Crippen molar-refractivity contribution in [1.29, 1.82) is 0 Å². The number of likely N-dealkylation sites (tertiary alicyclic amines) is 1. The number of carbonyl (C=O) groups is 2. The molecule has 4 nitrogen and oxygen atoms in total. The molecule has 0 unspecified atom stereocenters. The number of nitrogens with one attached hydrogen (secondary N) is 1. The molecule has 2 amide bonds. The summed E-state index contributed by atoms with van der Waals surface area (Å²) in [6.45, 7) is 7.69. The van der Waals surface area contributed by atoms with Crippen molar-refractivity contribution in [3.63, 3.8) is 0 Å². The number of aryl methyl sites for hydroxylation is 1. The van der Waals surface area contributed by atoms with Gasteiger partial charge < -0.3 is 10.2 Å². The Kier molecular flexibility index (Phi) is 5.45. The highest BCUT2D eigenvalue weighted by molar-refractivity contribution is 5.89. The fourth-order valence-electron chi connectivity index (χ4n) is 4.10. The number of carbonyl (C=O) groups excluding carboxylic acids is 2. The third-order valence-corrected chi connectivity index (χ3v) is 6.11. The van der Waals surface area contributed by atoms with Gasteiger partial charge >= 0.3 is 0 Å². The van der Waals surface area contributed by atoms with Crippen molar-refractivity contribution in [2.24, 2.45) is 17.8 Å². The first-order valence-corrected chi connectivity index (χ1v) is 9.57. The summed E-state index contributed by atoms with van der Waals surface area (Å²) in [4.78, 5) is 26.8. The predicted molar refractivity (Wildman–Crippen MR) is 98.8 cm³/mol. The largest absolute Gasteiger partial charge is 0.353 e. The first-order valence-electron chi connectivity index (χ1n) is 9.57. The number of rotatable bonds is 4. The first-order chi connectivity index (χ1) is 11.9. The van der Waals surface area contributed by atoms with Gasteiger partial charge in [-0.25, -0.2) is 0 Å². The van der Waals surface area contributed by atoms with E-state index < -0.39 is 0 Å². The molecule has 4 atom stereocenters. The minimum atomic E-state index is -0.206. The third kappa shape index (κ3) is 4.23. The molecular weight excluding hydrogens is 312 g/mol. The lowest BCUT2D eigenvalue weighted by atomic mass is 9.78. The minimum absolute atomic E-state index is 0.0608. The Morgan fingerprint density at radius 3 is 2.64 bits per heavy atom. The van der Waals surface area contributed by atoms with E-state index in [1.165, 1.54) is 18.4 Å². The van der Waals surface area contributed by atoms with Gasteiger partial charge in [-0.1, -0.05) is 56.5 Å². The van der Waals surface area contributed by atoms with E-state index in [9.17, 15) is 9.59 Å². The fraction of sp³-hybridized carbons (Fsp3) is 0.619. The summed E-state index contributed by atoms with van der Waals surface area (Å²) >= 11 is 0. The summed E-state index contributed by atoms with van der Waals surface area (Å²) in [6, 6.07) is 8.50. The van der Waals surface area contributed by atoms with Crippen LogP contribution in [0.5, 0.6) is 0 Å². The quantitative estimate of drug-likeness (QED) is 0.913. The number of hydrogen-bond acceptors (Lipinski definition) is 2. The van der Waals surface area contributed by atoms with Crippen molar-refractivity contribution in [2.75, 3.05) is 6.54 Å². The van der Waals surface area contributed by atoms with E-state index in [0.717, 1.165) is 12.0 Å². The molecule has 1 aromatic carbocycles. The van der Waals surface area contributed by atoms with E-state index in [0.29, 0.717) is 31.3 Å². The summed E-state index contributed by atoms with van der Waals surface area (Å²) in [6.07, 6.45) is 3.83. The molecule has 0 radical (unpaired) electrons. The van der Waals surface area contributed by atoms with Gasteiger partial charge in [0.2, 0.25) is 11.8 Å². The molecule has 25 heavy (non-hydrogen) atoms. The van der Waals surface area contributed by atoms with E-state index in [-0.39, 0.29) is 23.8 Å². The predicted octanol–water partition coefficient (Wildman–Crippen LogP) is 3.28. The van der Waals surface area contributed by atoms with Crippen LogP contribution in [0, 0.1) is 24.7 Å². The summed E-state index contributed by atoms with van der Waals surface area (Å²) in [7, 11) is 0. The molecule has 1 heterocycles. The van der Waals surface area contributed by atoms with Gasteiger partial charge in [0.25, 0.3) is 0 Å². The Morgan fingerprint density at radius 2 is 1.92 bits per heavy atom. The van der Waals surface area contributed by atoms with Gasteiger partial charge in [-0.2, -0.15) is 0 Å². The lowest BCUT2D eigenvalue weighted by molar-refractivity contribution is -0.129. The Balaban J connectivity index is 1.56. The average Bonchev–Trinajstić information content (AvgIpc) is 2.95. The second kappa shape index (κ2) is 7.59. The standard InChI is InChI=1S/C21H30N2O2/c1-14-7-9-17(10-8-14)12-23-13-18(11-20(23)24)21(25)22-19-6-4-5-15(2)16(19)3/h7-10,15-16,18-19H,4-6,11-13H2,1-3H3,(H,22,25)/t15-,16-,18-,19-/m0/s1. The SMILES string of the molecule is Cc1ccc(CN2C[C@@H](C(=O)N[C@H]3CCC[C@H](C)[C@@H]3C)CC2=O)cc1. The molecule has 1 N–H and O–H groups in total. The molecule has 1 saturated carbocycles. The molecule has 2 fully saturated rings. The molecule has 1 aromatic rings. The maximum absolute atomic E-state index is 12.7. The van der Waals surface area contributed by atoms with Crippen LogP contribution >= 0.6 is 0 Å². The molecule has 1 aliphatic carbocycles. The summed E-state index contributed by atoms with van der Waals surface area (Å²) < 4.78 is 0. The van der Waals surface area contributed by atoms with Crippen LogP contribution in [0.3, 0.4) is 0 Å². The molecule has 0 spiro atoms. The molecule has 2 aliphatic rings. The molecular formula is C21H30N2O2. The van der Waals surface area contributed by atoms with Crippen LogP contribution in [0.15, 0.2) is 24.3 Å². The topological polar surface area (TPSA) is 49.4 Å². The van der Waals surface area contributed by atoms with Gasteiger partial charge in [-0.05, 0) is 30.7 Å². The molecule has 136 valence electrons. The number of hydrogen-bond donors (Lipinski definition) is 1. The van der Waals surface area contributed by atoms with Crippen LogP contribution in [0.4, 0.5) is 0 Å². The minimum Gasteiger partial charge on any atom is -0.353 e. The average molecular weight is 342 g/mol. The highest BCUT2D eigenvalue weighted by atomic mass is 16.2. The fourth-order valence-corrected chi connectivity index (χ4v) is 4.10. The molecule has 0 aromatic heterocycles. The zero-order valence-electron chi connectivity index (χ0n) is 15.6. The van der Waals surface area contributed by atoms with E-state index in [1.54, 1.807) is 0 Å². The van der Waals surface area contributed by atoms with Gasteiger partial charge in [-0.3, -0.25) is 9.59 Å². The Hall–Kier alpha value is -1.84. The Morgan fingerprint density at radius 1 is 1.20 bits per heavy atom. The van der Waals surface area contributed by atoms with Crippen LogP contribution in [0.2, 0.25) is 0 Å². The lowest BCUT2D eigenvalue weighted by Crippen LogP contribution is -2.46. The van der Waals surface area contributed by atoms with Gasteiger partial charge in [-0.15, -0.1) is 0 Å². The zero-order valence-corrected chi connectivity index (χ0v) is 15.6. The molecule has 1 saturated heterocycles. The lowest BCUT2D eigenvalue weighted by Gasteiger charge is -2.35. The molecule has 3 rings (SSSR count). The number of nitrogens with zero attached hydrogens (tertiary/aromatic N) is 1. The van der Waals surface area contributed by atoms with Crippen LogP contribution in [-0.2, 0) is 16.1 Å². The summed E-state index contributed by atoms with van der Waals surface area (Å²) in [5, 5.41) is 3.24. The number of benzene rings is 1. The normalized spacial score (nSPS) is 29.7. The highest BCUT2D eigenvalue weighted by Gasteiger charge is 2.36. The summed E-state index contributed by atoms with van der Waals surface area (Å²) in [5.41, 5.74) is 2.33. The van der Waals surface area contributed by atoms with Crippen LogP contribution in [0.1, 0.15) is 50.7 Å². The Bertz CT molecular complexity index is 625. The van der Waals surface area contributed by atoms with Gasteiger partial charge in [0, 0.05) is 25.6 Å². The van der Waals surface area contributed by atoms with Gasteiger partial charge in [0.15, 0.2) is 0 Å². The second-order valence-electron chi connectivity index (χ2n) is 8.04. The third-order valence-electron chi connectivity index (χ3n) is 6.11. The van der Waals surface area contributed by atoms with Crippen molar-refractivity contribution in [1.82, 2.24) is 10.2 Å². The van der Waals surface area contributed by atoms with E-state index in [2.05, 4.69) is 50.4 Å². The van der Waals surface area contributed by atoms with E-state index in [1.807, 2.05) is 4.90 Å². The summed E-state index contributed by atoms with van der Waals surface area (Å²) in [5.74, 6) is 1.11. The zero-order chi connectivity index (χ0) is 18.0. The molecule has 1 aliphatic heterocycles. The second-order valence-corrected chi connectivity index (χ2v) is 8.04. The van der Waals surface area contributed by atoms with Crippen molar-refractivity contribution < 1.29 is 9.59 Å². The van der Waals surface area contributed by atoms with Crippen molar-refractivity contribution in [3.05, 3.63) is 35.4 Å². The number of amides is 2. The van der Waals surface area contributed by atoms with Crippen LogP contribution in [0.25, 0.3) is 0 Å². The van der Waals surface area contributed by atoms with Gasteiger partial charge in [0.1, 0.15) is 0 Å². The first kappa shape index (κ1) is 18.0. The maximum Gasteiger partial charge on any atom is 0.225 e. The van der Waals surface area contributed by atoms with Crippen molar-refractivity contribution >= 4 is 11.8 Å². The Labute approximate surface area is 151 Å². The maximum atomic E-state index is 12.7. The highest BCUT2D eigenvalue weighted by Crippen LogP contribution is 2.30. The van der Waals surface area contributed by atoms with Crippen molar-refractivity contribution in [3.8, 4) is 0 Å². The van der Waals surface area contributed by atoms with E-state index in [4.69, 9.17) is 0 Å². The van der Waals surface area contributed by atoms with E-state index >= 15 is 0 Å².